The molecule has 4 nitrogen and oxygen atoms in total. The largest absolute Gasteiger partial charge is 0.478 e. The van der Waals surface area contributed by atoms with Gasteiger partial charge in [-0.05, 0) is 53.2 Å². The highest BCUT2D eigenvalue weighted by molar-refractivity contribution is 9.10. The van der Waals surface area contributed by atoms with Gasteiger partial charge >= 0.3 is 5.97 Å². The van der Waals surface area contributed by atoms with Crippen molar-refractivity contribution in [1.29, 1.82) is 0 Å². The third-order valence-electron chi connectivity index (χ3n) is 2.31. The lowest BCUT2D eigenvalue weighted by atomic mass is 10.2. The molecule has 0 atom stereocenters. The zero-order chi connectivity index (χ0) is 13.1. The Morgan fingerprint density at radius 2 is 2.00 bits per heavy atom. The molecule has 0 spiro atoms. The number of hydrogen-bond acceptors (Lipinski definition) is 3. The summed E-state index contributed by atoms with van der Waals surface area (Å²) in [7, 11) is 0. The molecule has 1 aromatic carbocycles. The second-order valence-corrected chi connectivity index (χ2v) is 4.62. The molecule has 0 amide bonds. The molecule has 0 aliphatic carbocycles. The summed E-state index contributed by atoms with van der Waals surface area (Å²) in [5.74, 6) is 0.0960. The average Bonchev–Trinajstić information content (AvgIpc) is 2.33. The first-order valence-electron chi connectivity index (χ1n) is 5.19. The molecular weight excluding hydrogens is 298 g/mol. The van der Waals surface area contributed by atoms with Crippen LogP contribution in [0.2, 0.25) is 0 Å². The molecule has 1 N–H and O–H groups in total. The highest BCUT2D eigenvalue weighted by Crippen LogP contribution is 2.24. The normalized spacial score (nSPS) is 10.1. The predicted molar refractivity (Wildman–Crippen MR) is 70.1 cm³/mol. The van der Waals surface area contributed by atoms with Crippen LogP contribution in [0.5, 0.6) is 11.6 Å². The van der Waals surface area contributed by atoms with Crippen molar-refractivity contribution in [2.75, 3.05) is 0 Å². The maximum atomic E-state index is 10.7. The number of aryl methyl sites for hydroxylation is 1. The summed E-state index contributed by atoms with van der Waals surface area (Å²) < 4.78 is 6.46. The van der Waals surface area contributed by atoms with E-state index in [-0.39, 0.29) is 5.56 Å². The van der Waals surface area contributed by atoms with Crippen LogP contribution in [0.4, 0.5) is 0 Å². The second-order valence-electron chi connectivity index (χ2n) is 3.71. The van der Waals surface area contributed by atoms with E-state index in [1.165, 1.54) is 12.1 Å². The van der Waals surface area contributed by atoms with Crippen LogP contribution in [0.3, 0.4) is 0 Å². The van der Waals surface area contributed by atoms with E-state index in [9.17, 15) is 4.79 Å². The second kappa shape index (κ2) is 5.18. The number of carboxylic acids is 1. The van der Waals surface area contributed by atoms with Gasteiger partial charge in [-0.3, -0.25) is 0 Å². The monoisotopic (exact) mass is 307 g/mol. The van der Waals surface area contributed by atoms with E-state index in [2.05, 4.69) is 20.9 Å². The lowest BCUT2D eigenvalue weighted by molar-refractivity contribution is 0.0697. The number of nitrogens with zero attached hydrogens (tertiary/aromatic N) is 1. The van der Waals surface area contributed by atoms with E-state index < -0.39 is 5.97 Å². The first kappa shape index (κ1) is 12.6. The van der Waals surface area contributed by atoms with Gasteiger partial charge in [0, 0.05) is 16.2 Å². The molecule has 0 bridgehead atoms. The van der Waals surface area contributed by atoms with E-state index >= 15 is 0 Å². The summed E-state index contributed by atoms with van der Waals surface area (Å²) in [5, 5.41) is 8.78. The van der Waals surface area contributed by atoms with Crippen molar-refractivity contribution < 1.29 is 14.6 Å². The van der Waals surface area contributed by atoms with Crippen LogP contribution in [0.1, 0.15) is 15.9 Å². The molecule has 18 heavy (non-hydrogen) atoms. The molecule has 1 heterocycles. The van der Waals surface area contributed by atoms with Crippen LogP contribution < -0.4 is 4.74 Å². The summed E-state index contributed by atoms with van der Waals surface area (Å²) in [6.07, 6.45) is 1.65. The highest BCUT2D eigenvalue weighted by atomic mass is 79.9. The summed E-state index contributed by atoms with van der Waals surface area (Å²) in [5.41, 5.74) is 1.12. The highest BCUT2D eigenvalue weighted by Gasteiger charge is 2.05. The van der Waals surface area contributed by atoms with Crippen molar-refractivity contribution in [3.63, 3.8) is 0 Å². The Labute approximate surface area is 112 Å². The van der Waals surface area contributed by atoms with Crippen molar-refractivity contribution in [1.82, 2.24) is 4.98 Å². The van der Waals surface area contributed by atoms with Crippen molar-refractivity contribution in [2.45, 2.75) is 6.92 Å². The molecule has 1 aromatic heterocycles. The van der Waals surface area contributed by atoms with Gasteiger partial charge in [-0.15, -0.1) is 0 Å². The van der Waals surface area contributed by atoms with Crippen LogP contribution in [0.15, 0.2) is 41.0 Å². The summed E-state index contributed by atoms with van der Waals surface area (Å²) >= 11 is 3.32. The van der Waals surface area contributed by atoms with Gasteiger partial charge < -0.3 is 9.84 Å². The van der Waals surface area contributed by atoms with E-state index in [4.69, 9.17) is 9.84 Å². The molecular formula is C13H10BrNO3. The Bertz CT molecular complexity index is 581. The van der Waals surface area contributed by atoms with Gasteiger partial charge in [-0.25, -0.2) is 9.78 Å². The number of rotatable bonds is 3. The van der Waals surface area contributed by atoms with Gasteiger partial charge in [0.2, 0.25) is 5.88 Å². The quantitative estimate of drug-likeness (QED) is 0.940. The first-order chi connectivity index (χ1) is 8.56. The average molecular weight is 308 g/mol. The van der Waals surface area contributed by atoms with E-state index in [0.29, 0.717) is 11.6 Å². The van der Waals surface area contributed by atoms with Crippen molar-refractivity contribution >= 4 is 21.9 Å². The molecule has 92 valence electrons. The number of carbonyl (C=O) groups is 1. The van der Waals surface area contributed by atoms with Crippen molar-refractivity contribution in [3.8, 4) is 11.6 Å². The van der Waals surface area contributed by atoms with Gasteiger partial charge in [0.1, 0.15) is 5.75 Å². The van der Waals surface area contributed by atoms with Gasteiger partial charge in [-0.2, -0.15) is 0 Å². The van der Waals surface area contributed by atoms with Crippen LogP contribution in [0.25, 0.3) is 0 Å². The van der Waals surface area contributed by atoms with Crippen LogP contribution >= 0.6 is 15.9 Å². The molecule has 5 heteroatoms. The minimum Gasteiger partial charge on any atom is -0.478 e. The zero-order valence-electron chi connectivity index (χ0n) is 9.55. The standard InChI is InChI=1S/C13H10BrNO3/c1-8-6-10(14)7-15-12(8)18-11-4-2-9(3-5-11)13(16)17/h2-7H,1H3,(H,16,17). The number of ether oxygens (including phenoxy) is 1. The van der Waals surface area contributed by atoms with Gasteiger partial charge in [0.25, 0.3) is 0 Å². The minimum absolute atomic E-state index is 0.225. The maximum Gasteiger partial charge on any atom is 0.335 e. The third-order valence-corrected chi connectivity index (χ3v) is 2.75. The summed E-state index contributed by atoms with van der Waals surface area (Å²) in [4.78, 5) is 14.8. The topological polar surface area (TPSA) is 59.4 Å². The molecule has 0 saturated heterocycles. The number of pyridine rings is 1. The van der Waals surface area contributed by atoms with Crippen molar-refractivity contribution in [2.24, 2.45) is 0 Å². The van der Waals surface area contributed by atoms with E-state index in [1.54, 1.807) is 18.3 Å². The number of benzene rings is 1. The molecule has 0 fully saturated rings. The molecule has 0 unspecified atom stereocenters. The molecule has 0 saturated carbocycles. The van der Waals surface area contributed by atoms with Crippen LogP contribution in [-0.4, -0.2) is 16.1 Å². The van der Waals surface area contributed by atoms with Crippen LogP contribution in [-0.2, 0) is 0 Å². The molecule has 2 aromatic rings. The maximum absolute atomic E-state index is 10.7. The number of halogens is 1. The fourth-order valence-electron chi connectivity index (χ4n) is 1.41. The minimum atomic E-state index is -0.959. The first-order valence-corrected chi connectivity index (χ1v) is 5.99. The summed E-state index contributed by atoms with van der Waals surface area (Å²) in [6.45, 7) is 1.89. The Kier molecular flexibility index (Phi) is 3.62. The molecule has 0 aliphatic rings. The predicted octanol–water partition coefficient (Wildman–Crippen LogP) is 3.64. The Morgan fingerprint density at radius 3 is 2.56 bits per heavy atom. The molecule has 2 rings (SSSR count). The number of hydrogen-bond donors (Lipinski definition) is 1. The van der Waals surface area contributed by atoms with E-state index in [1.807, 2.05) is 13.0 Å². The Morgan fingerprint density at radius 1 is 1.33 bits per heavy atom. The molecule has 0 aliphatic heterocycles. The fraction of sp³-hybridized carbons (Fsp3) is 0.0769. The lowest BCUT2D eigenvalue weighted by Gasteiger charge is -2.07. The Balaban J connectivity index is 2.21. The zero-order valence-corrected chi connectivity index (χ0v) is 11.1. The number of carboxylic acid groups (broad SMARTS) is 1. The smallest absolute Gasteiger partial charge is 0.335 e. The van der Waals surface area contributed by atoms with E-state index in [0.717, 1.165) is 10.0 Å². The van der Waals surface area contributed by atoms with Gasteiger partial charge in [0.05, 0.1) is 5.56 Å². The Hall–Kier alpha value is -1.88. The lowest BCUT2D eigenvalue weighted by Crippen LogP contribution is -1.96. The molecule has 0 radical (unpaired) electrons. The SMILES string of the molecule is Cc1cc(Br)cnc1Oc1ccc(C(=O)O)cc1. The number of aromatic carboxylic acids is 1. The summed E-state index contributed by atoms with van der Waals surface area (Å²) in [6, 6.07) is 8.09. The fourth-order valence-corrected chi connectivity index (χ4v) is 1.86. The van der Waals surface area contributed by atoms with Gasteiger partial charge in [0.15, 0.2) is 0 Å². The van der Waals surface area contributed by atoms with Crippen LogP contribution in [0, 0.1) is 6.92 Å². The van der Waals surface area contributed by atoms with Gasteiger partial charge in [-0.1, -0.05) is 0 Å². The number of aromatic nitrogens is 1. The third kappa shape index (κ3) is 2.87. The van der Waals surface area contributed by atoms with Crippen molar-refractivity contribution in [3.05, 3.63) is 52.1 Å².